The Morgan fingerprint density at radius 1 is 1.00 bits per heavy atom. The van der Waals surface area contributed by atoms with Crippen molar-refractivity contribution in [3.8, 4) is 11.3 Å². The molecule has 2 heterocycles. The molecule has 35 heavy (non-hydrogen) atoms. The average Bonchev–Trinajstić information content (AvgIpc) is 3.37. The first-order valence-corrected chi connectivity index (χ1v) is 12.7. The molecule has 1 fully saturated rings. The molecule has 3 aromatic rings. The highest BCUT2D eigenvalue weighted by atomic mass is 32.2. The van der Waals surface area contributed by atoms with Gasteiger partial charge in [-0.25, -0.2) is 13.1 Å². The van der Waals surface area contributed by atoms with E-state index in [1.54, 1.807) is 49.4 Å². The molecule has 1 aromatic heterocycles. The topological polar surface area (TPSA) is 118 Å². The Kier molecular flexibility index (Phi) is 6.95. The summed E-state index contributed by atoms with van der Waals surface area (Å²) >= 11 is 0. The van der Waals surface area contributed by atoms with E-state index in [0.717, 1.165) is 17.5 Å². The van der Waals surface area contributed by atoms with Crippen LogP contribution in [0.2, 0.25) is 0 Å². The standard InChI is InChI=1S/C25H26N4O5S/c1-17-5-6-20(15-23(17)35(33,34)28-13-3-4-14-28)22-11-12-25(32)29(27-22)16-24(31)26-21-9-7-19(8-10-21)18(2)30/h5-12,15H,3-4,13-14,16H2,1-2H3,(H,26,31). The lowest BCUT2D eigenvalue weighted by atomic mass is 10.1. The molecule has 0 bridgehead atoms. The largest absolute Gasteiger partial charge is 0.324 e. The van der Waals surface area contributed by atoms with Gasteiger partial charge in [0, 0.05) is 36.0 Å². The lowest BCUT2D eigenvalue weighted by molar-refractivity contribution is -0.117. The highest BCUT2D eigenvalue weighted by Crippen LogP contribution is 2.27. The molecule has 1 aliphatic heterocycles. The second-order valence-electron chi connectivity index (χ2n) is 8.49. The van der Waals surface area contributed by atoms with Crippen LogP contribution < -0.4 is 10.9 Å². The van der Waals surface area contributed by atoms with Crippen LogP contribution in [0.4, 0.5) is 5.69 Å². The number of anilines is 1. The van der Waals surface area contributed by atoms with Crippen LogP contribution in [0.15, 0.2) is 64.3 Å². The zero-order valence-electron chi connectivity index (χ0n) is 19.5. The number of sulfonamides is 1. The van der Waals surface area contributed by atoms with Gasteiger partial charge in [0.25, 0.3) is 5.56 Å². The highest BCUT2D eigenvalue weighted by molar-refractivity contribution is 7.89. The van der Waals surface area contributed by atoms with Gasteiger partial charge in [-0.2, -0.15) is 9.40 Å². The number of Topliss-reactive ketones (excluding diaryl/α,β-unsaturated/α-hetero) is 1. The summed E-state index contributed by atoms with van der Waals surface area (Å²) in [6.07, 6.45) is 1.68. The quantitative estimate of drug-likeness (QED) is 0.505. The van der Waals surface area contributed by atoms with Crippen LogP contribution >= 0.6 is 0 Å². The van der Waals surface area contributed by atoms with E-state index in [1.807, 2.05) is 0 Å². The fourth-order valence-electron chi connectivity index (χ4n) is 3.95. The molecule has 0 atom stereocenters. The van der Waals surface area contributed by atoms with Crippen LogP contribution in [0.5, 0.6) is 0 Å². The Morgan fingerprint density at radius 2 is 1.69 bits per heavy atom. The Hall–Kier alpha value is -3.63. The van der Waals surface area contributed by atoms with Crippen molar-refractivity contribution in [2.24, 2.45) is 0 Å². The number of ketones is 1. The number of rotatable bonds is 7. The molecule has 0 aliphatic carbocycles. The number of amides is 1. The number of hydrogen-bond donors (Lipinski definition) is 1. The predicted molar refractivity (Wildman–Crippen MR) is 132 cm³/mol. The van der Waals surface area contributed by atoms with E-state index in [0.29, 0.717) is 41.2 Å². The van der Waals surface area contributed by atoms with Gasteiger partial charge in [0.2, 0.25) is 15.9 Å². The monoisotopic (exact) mass is 494 g/mol. The van der Waals surface area contributed by atoms with E-state index in [9.17, 15) is 22.8 Å². The molecule has 1 saturated heterocycles. The van der Waals surface area contributed by atoms with Gasteiger partial charge in [-0.15, -0.1) is 0 Å². The second kappa shape index (κ2) is 9.93. The van der Waals surface area contributed by atoms with Gasteiger partial charge in [-0.3, -0.25) is 14.4 Å². The summed E-state index contributed by atoms with van der Waals surface area (Å²) < 4.78 is 28.7. The van der Waals surface area contributed by atoms with Crippen molar-refractivity contribution in [3.63, 3.8) is 0 Å². The number of nitrogens with one attached hydrogen (secondary N) is 1. The van der Waals surface area contributed by atoms with Gasteiger partial charge in [-0.1, -0.05) is 12.1 Å². The van der Waals surface area contributed by atoms with Crippen LogP contribution in [0.25, 0.3) is 11.3 Å². The van der Waals surface area contributed by atoms with Crippen LogP contribution in [0, 0.1) is 6.92 Å². The first-order chi connectivity index (χ1) is 16.6. The molecule has 4 rings (SSSR count). The Balaban J connectivity index is 1.57. The van der Waals surface area contributed by atoms with Crippen molar-refractivity contribution in [1.29, 1.82) is 0 Å². The van der Waals surface area contributed by atoms with Gasteiger partial charge in [0.05, 0.1) is 10.6 Å². The molecular weight excluding hydrogens is 468 g/mol. The molecule has 0 radical (unpaired) electrons. The number of carbonyl (C=O) groups excluding carboxylic acids is 2. The van der Waals surface area contributed by atoms with Crippen LogP contribution in [0.3, 0.4) is 0 Å². The van der Waals surface area contributed by atoms with Crippen molar-refractivity contribution in [2.45, 2.75) is 38.1 Å². The van der Waals surface area contributed by atoms with E-state index in [1.165, 1.54) is 23.4 Å². The third kappa shape index (κ3) is 5.39. The van der Waals surface area contributed by atoms with E-state index < -0.39 is 21.5 Å². The van der Waals surface area contributed by atoms with Crippen molar-refractivity contribution < 1.29 is 18.0 Å². The van der Waals surface area contributed by atoms with Crippen molar-refractivity contribution >= 4 is 27.4 Å². The number of carbonyl (C=O) groups is 2. The SMILES string of the molecule is CC(=O)c1ccc(NC(=O)Cn2nc(-c3ccc(C)c(S(=O)(=O)N4CCCC4)c3)ccc2=O)cc1. The molecule has 10 heteroatoms. The van der Waals surface area contributed by atoms with Gasteiger partial charge in [0.1, 0.15) is 6.54 Å². The Labute approximate surface area is 203 Å². The number of benzene rings is 2. The van der Waals surface area contributed by atoms with E-state index in [4.69, 9.17) is 0 Å². The van der Waals surface area contributed by atoms with Gasteiger partial charge in [-0.05, 0) is 68.7 Å². The average molecular weight is 495 g/mol. The third-order valence-electron chi connectivity index (χ3n) is 5.90. The first kappa shape index (κ1) is 24.5. The van der Waals surface area contributed by atoms with Crippen molar-refractivity contribution in [1.82, 2.24) is 14.1 Å². The number of aromatic nitrogens is 2. The van der Waals surface area contributed by atoms with Crippen LogP contribution in [-0.2, 0) is 21.4 Å². The van der Waals surface area contributed by atoms with Crippen LogP contribution in [-0.4, -0.2) is 47.3 Å². The minimum Gasteiger partial charge on any atom is -0.324 e. The fraction of sp³-hybridized carbons (Fsp3) is 0.280. The summed E-state index contributed by atoms with van der Waals surface area (Å²) in [4.78, 5) is 36.5. The Bertz CT molecular complexity index is 1440. The summed E-state index contributed by atoms with van der Waals surface area (Å²) in [7, 11) is -3.63. The minimum atomic E-state index is -3.63. The molecule has 0 unspecified atom stereocenters. The summed E-state index contributed by atoms with van der Waals surface area (Å²) in [6, 6.07) is 14.3. The van der Waals surface area contributed by atoms with E-state index >= 15 is 0 Å². The third-order valence-corrected chi connectivity index (χ3v) is 7.94. The molecule has 0 spiro atoms. The van der Waals surface area contributed by atoms with E-state index in [-0.39, 0.29) is 17.2 Å². The first-order valence-electron chi connectivity index (χ1n) is 11.3. The maximum absolute atomic E-state index is 13.1. The van der Waals surface area contributed by atoms with Crippen molar-refractivity contribution in [3.05, 3.63) is 76.1 Å². The van der Waals surface area contributed by atoms with E-state index in [2.05, 4.69) is 10.4 Å². The molecule has 182 valence electrons. The number of hydrogen-bond acceptors (Lipinski definition) is 6. The summed E-state index contributed by atoms with van der Waals surface area (Å²) in [5, 5.41) is 6.98. The summed E-state index contributed by atoms with van der Waals surface area (Å²) in [5.74, 6) is -0.545. The highest BCUT2D eigenvalue weighted by Gasteiger charge is 2.28. The molecule has 1 aliphatic rings. The maximum Gasteiger partial charge on any atom is 0.267 e. The lowest BCUT2D eigenvalue weighted by Gasteiger charge is -2.18. The summed E-state index contributed by atoms with van der Waals surface area (Å²) in [6.45, 7) is 3.88. The predicted octanol–water partition coefficient (Wildman–Crippen LogP) is 2.84. The molecule has 2 aromatic carbocycles. The molecular formula is C25H26N4O5S. The minimum absolute atomic E-state index is 0.0806. The fourth-order valence-corrected chi connectivity index (χ4v) is 5.71. The lowest BCUT2D eigenvalue weighted by Crippen LogP contribution is -2.29. The van der Waals surface area contributed by atoms with Crippen molar-refractivity contribution in [2.75, 3.05) is 18.4 Å². The summed E-state index contributed by atoms with van der Waals surface area (Å²) in [5.41, 5.74) is 2.08. The second-order valence-corrected chi connectivity index (χ2v) is 10.4. The Morgan fingerprint density at radius 3 is 2.34 bits per heavy atom. The van der Waals surface area contributed by atoms with Crippen LogP contribution in [0.1, 0.15) is 35.7 Å². The maximum atomic E-state index is 13.1. The molecule has 1 amide bonds. The normalized spacial score (nSPS) is 14.1. The number of aryl methyl sites for hydroxylation is 1. The zero-order chi connectivity index (χ0) is 25.2. The molecule has 0 saturated carbocycles. The zero-order valence-corrected chi connectivity index (χ0v) is 20.3. The molecule has 1 N–H and O–H groups in total. The molecule has 9 nitrogen and oxygen atoms in total. The smallest absolute Gasteiger partial charge is 0.267 e. The van der Waals surface area contributed by atoms with Gasteiger partial charge < -0.3 is 5.32 Å². The van der Waals surface area contributed by atoms with Gasteiger partial charge >= 0.3 is 0 Å². The number of nitrogens with zero attached hydrogens (tertiary/aromatic N) is 3. The van der Waals surface area contributed by atoms with Gasteiger partial charge in [0.15, 0.2) is 5.78 Å².